The SMILES string of the molecule is CNCCN(C)C(=O)C(NC(=O)c1ccc(Cl)cc1)C(C)C. The van der Waals surface area contributed by atoms with E-state index in [1.54, 1.807) is 36.2 Å². The van der Waals surface area contributed by atoms with Crippen LogP contribution in [0.4, 0.5) is 0 Å². The van der Waals surface area contributed by atoms with E-state index >= 15 is 0 Å². The van der Waals surface area contributed by atoms with E-state index in [9.17, 15) is 9.59 Å². The molecule has 0 radical (unpaired) electrons. The molecule has 0 heterocycles. The van der Waals surface area contributed by atoms with Crippen LogP contribution in [0.3, 0.4) is 0 Å². The largest absolute Gasteiger partial charge is 0.343 e. The number of amides is 2. The van der Waals surface area contributed by atoms with Crippen molar-refractivity contribution in [3.63, 3.8) is 0 Å². The standard InChI is InChI=1S/C16H24ClN3O2/c1-11(2)14(16(22)20(4)10-9-18-3)19-15(21)12-5-7-13(17)8-6-12/h5-8,11,14,18H,9-10H2,1-4H3,(H,19,21). The number of carbonyl (C=O) groups is 2. The number of carbonyl (C=O) groups excluding carboxylic acids is 2. The van der Waals surface area contributed by atoms with Gasteiger partial charge in [-0.15, -0.1) is 0 Å². The lowest BCUT2D eigenvalue weighted by Gasteiger charge is -2.27. The van der Waals surface area contributed by atoms with Crippen molar-refractivity contribution < 1.29 is 9.59 Å². The molecule has 0 spiro atoms. The highest BCUT2D eigenvalue weighted by Crippen LogP contribution is 2.11. The molecule has 0 saturated heterocycles. The molecule has 1 aromatic rings. The van der Waals surface area contributed by atoms with Crippen molar-refractivity contribution in [1.29, 1.82) is 0 Å². The van der Waals surface area contributed by atoms with Gasteiger partial charge in [-0.1, -0.05) is 25.4 Å². The van der Waals surface area contributed by atoms with E-state index in [4.69, 9.17) is 11.6 Å². The van der Waals surface area contributed by atoms with Crippen molar-refractivity contribution in [2.45, 2.75) is 19.9 Å². The first-order chi connectivity index (χ1) is 10.4. The van der Waals surface area contributed by atoms with E-state index in [1.807, 2.05) is 20.9 Å². The minimum absolute atomic E-state index is 0.000728. The second-order valence-electron chi connectivity index (χ2n) is 5.57. The molecule has 0 aliphatic carbocycles. The maximum absolute atomic E-state index is 12.5. The van der Waals surface area contributed by atoms with Gasteiger partial charge in [0.15, 0.2) is 0 Å². The lowest BCUT2D eigenvalue weighted by atomic mass is 10.0. The van der Waals surface area contributed by atoms with Crippen LogP contribution in [0.25, 0.3) is 0 Å². The number of halogens is 1. The molecule has 0 aliphatic rings. The molecule has 0 aromatic heterocycles. The lowest BCUT2D eigenvalue weighted by Crippen LogP contribution is -2.51. The summed E-state index contributed by atoms with van der Waals surface area (Å²) in [4.78, 5) is 26.4. The second kappa shape index (κ2) is 8.76. The maximum atomic E-state index is 12.5. The normalized spacial score (nSPS) is 12.1. The van der Waals surface area contributed by atoms with Gasteiger partial charge in [0.25, 0.3) is 5.91 Å². The van der Waals surface area contributed by atoms with E-state index in [2.05, 4.69) is 10.6 Å². The van der Waals surface area contributed by atoms with E-state index in [-0.39, 0.29) is 17.7 Å². The fraction of sp³-hybridized carbons (Fsp3) is 0.500. The monoisotopic (exact) mass is 325 g/mol. The summed E-state index contributed by atoms with van der Waals surface area (Å²) in [6.07, 6.45) is 0. The average Bonchev–Trinajstić information content (AvgIpc) is 2.49. The van der Waals surface area contributed by atoms with E-state index in [0.717, 1.165) is 0 Å². The molecule has 0 aliphatic heterocycles. The van der Waals surface area contributed by atoms with Crippen LogP contribution in [-0.4, -0.2) is 49.9 Å². The van der Waals surface area contributed by atoms with Crippen molar-refractivity contribution in [3.05, 3.63) is 34.9 Å². The number of nitrogens with zero attached hydrogens (tertiary/aromatic N) is 1. The highest BCUT2D eigenvalue weighted by Gasteiger charge is 2.27. The number of benzene rings is 1. The highest BCUT2D eigenvalue weighted by atomic mass is 35.5. The van der Waals surface area contributed by atoms with Crippen LogP contribution in [0, 0.1) is 5.92 Å². The summed E-state index contributed by atoms with van der Waals surface area (Å²) in [5.41, 5.74) is 0.487. The molecule has 0 fully saturated rings. The van der Waals surface area contributed by atoms with Gasteiger partial charge in [-0.3, -0.25) is 9.59 Å². The van der Waals surface area contributed by atoms with Gasteiger partial charge in [0.05, 0.1) is 0 Å². The van der Waals surface area contributed by atoms with E-state index in [0.29, 0.717) is 23.7 Å². The first-order valence-electron chi connectivity index (χ1n) is 7.32. The van der Waals surface area contributed by atoms with Gasteiger partial charge in [0.1, 0.15) is 6.04 Å². The van der Waals surface area contributed by atoms with Crippen LogP contribution in [0.15, 0.2) is 24.3 Å². The van der Waals surface area contributed by atoms with Gasteiger partial charge in [-0.05, 0) is 37.2 Å². The van der Waals surface area contributed by atoms with Gasteiger partial charge in [-0.2, -0.15) is 0 Å². The molecule has 122 valence electrons. The third kappa shape index (κ3) is 5.31. The predicted molar refractivity (Wildman–Crippen MR) is 89.1 cm³/mol. The minimum atomic E-state index is -0.551. The summed E-state index contributed by atoms with van der Waals surface area (Å²) in [7, 11) is 3.57. The molecule has 2 N–H and O–H groups in total. The Morgan fingerprint density at radius 1 is 1.23 bits per heavy atom. The van der Waals surface area contributed by atoms with Crippen LogP contribution >= 0.6 is 11.6 Å². The van der Waals surface area contributed by atoms with Crippen molar-refractivity contribution in [2.24, 2.45) is 5.92 Å². The Labute approximate surface area is 137 Å². The summed E-state index contributed by atoms with van der Waals surface area (Å²) >= 11 is 5.81. The maximum Gasteiger partial charge on any atom is 0.251 e. The molecule has 0 saturated carbocycles. The molecule has 2 amide bonds. The molecule has 5 nitrogen and oxygen atoms in total. The van der Waals surface area contributed by atoms with Crippen LogP contribution in [-0.2, 0) is 4.79 Å². The van der Waals surface area contributed by atoms with Crippen molar-refractivity contribution in [2.75, 3.05) is 27.2 Å². The van der Waals surface area contributed by atoms with Gasteiger partial charge < -0.3 is 15.5 Å². The van der Waals surface area contributed by atoms with Crippen LogP contribution in [0.1, 0.15) is 24.2 Å². The first kappa shape index (κ1) is 18.5. The van der Waals surface area contributed by atoms with Crippen LogP contribution in [0.5, 0.6) is 0 Å². The molecule has 0 bridgehead atoms. The second-order valence-corrected chi connectivity index (χ2v) is 6.00. The third-order valence-corrected chi connectivity index (χ3v) is 3.65. The van der Waals surface area contributed by atoms with E-state index < -0.39 is 6.04 Å². The molecule has 1 unspecified atom stereocenters. The van der Waals surface area contributed by atoms with Gasteiger partial charge in [0.2, 0.25) is 5.91 Å². The number of likely N-dealkylation sites (N-methyl/N-ethyl adjacent to an activating group) is 2. The molecule has 6 heteroatoms. The highest BCUT2D eigenvalue weighted by molar-refractivity contribution is 6.30. The van der Waals surface area contributed by atoms with Gasteiger partial charge in [-0.25, -0.2) is 0 Å². The third-order valence-electron chi connectivity index (χ3n) is 3.40. The molecule has 22 heavy (non-hydrogen) atoms. The molecular formula is C16H24ClN3O2. The number of rotatable bonds is 7. The summed E-state index contributed by atoms with van der Waals surface area (Å²) in [6.45, 7) is 5.13. The fourth-order valence-electron chi connectivity index (χ4n) is 1.97. The quantitative estimate of drug-likeness (QED) is 0.803. The Bertz CT molecular complexity index is 503. The van der Waals surface area contributed by atoms with Crippen molar-refractivity contribution in [1.82, 2.24) is 15.5 Å². The van der Waals surface area contributed by atoms with Crippen LogP contribution < -0.4 is 10.6 Å². The van der Waals surface area contributed by atoms with Crippen molar-refractivity contribution >= 4 is 23.4 Å². The van der Waals surface area contributed by atoms with E-state index in [1.165, 1.54) is 0 Å². The Hall–Kier alpha value is -1.59. The average molecular weight is 326 g/mol. The topological polar surface area (TPSA) is 61.4 Å². The zero-order valence-electron chi connectivity index (χ0n) is 13.5. The van der Waals surface area contributed by atoms with Crippen molar-refractivity contribution in [3.8, 4) is 0 Å². The molecule has 1 atom stereocenters. The Morgan fingerprint density at radius 2 is 1.82 bits per heavy atom. The number of hydrogen-bond acceptors (Lipinski definition) is 3. The fourth-order valence-corrected chi connectivity index (χ4v) is 2.09. The lowest BCUT2D eigenvalue weighted by molar-refractivity contribution is -0.132. The summed E-state index contributed by atoms with van der Waals surface area (Å²) in [6, 6.07) is 6.04. The Morgan fingerprint density at radius 3 is 2.32 bits per heavy atom. The van der Waals surface area contributed by atoms with Crippen LogP contribution in [0.2, 0.25) is 5.02 Å². The zero-order chi connectivity index (χ0) is 16.7. The Kier molecular flexibility index (Phi) is 7.35. The van der Waals surface area contributed by atoms with Gasteiger partial charge >= 0.3 is 0 Å². The number of hydrogen-bond donors (Lipinski definition) is 2. The minimum Gasteiger partial charge on any atom is -0.343 e. The smallest absolute Gasteiger partial charge is 0.251 e. The Balaban J connectivity index is 2.77. The molecule has 1 rings (SSSR count). The molecular weight excluding hydrogens is 302 g/mol. The van der Waals surface area contributed by atoms with Gasteiger partial charge in [0, 0.05) is 30.7 Å². The number of nitrogens with one attached hydrogen (secondary N) is 2. The zero-order valence-corrected chi connectivity index (χ0v) is 14.3. The summed E-state index contributed by atoms with van der Waals surface area (Å²) in [5.74, 6) is -0.362. The molecule has 1 aromatic carbocycles. The summed E-state index contributed by atoms with van der Waals surface area (Å²) < 4.78 is 0. The summed E-state index contributed by atoms with van der Waals surface area (Å²) in [5, 5.41) is 6.38. The first-order valence-corrected chi connectivity index (χ1v) is 7.70. The predicted octanol–water partition coefficient (Wildman–Crippen LogP) is 1.77.